The monoisotopic (exact) mass is 270 g/mol. The number of hydrogen-bond donors (Lipinski definition) is 4. The molecule has 0 aliphatic carbocycles. The predicted octanol–water partition coefficient (Wildman–Crippen LogP) is -0.0551. The summed E-state index contributed by atoms with van der Waals surface area (Å²) in [6, 6.07) is 4.60. The molecule has 4 atom stereocenters. The highest BCUT2D eigenvalue weighted by Gasteiger charge is 2.37. The molecule has 0 saturated carbocycles. The van der Waals surface area contributed by atoms with Gasteiger partial charge < -0.3 is 29.9 Å². The molecule has 1 heterocycles. The molecule has 1 aliphatic rings. The van der Waals surface area contributed by atoms with E-state index in [0.717, 1.165) is 0 Å². The Morgan fingerprint density at radius 3 is 2.68 bits per heavy atom. The SMILES string of the molecule is COc1ccc([C@H]2OC(CO)CC(O)C2O)cc1O. The van der Waals surface area contributed by atoms with Crippen molar-refractivity contribution in [2.45, 2.75) is 30.8 Å². The Morgan fingerprint density at radius 2 is 2.11 bits per heavy atom. The van der Waals surface area contributed by atoms with Gasteiger partial charge in [0.05, 0.1) is 25.9 Å². The smallest absolute Gasteiger partial charge is 0.160 e. The summed E-state index contributed by atoms with van der Waals surface area (Å²) in [6.07, 6.45) is -3.22. The van der Waals surface area contributed by atoms with Crippen LogP contribution in [0.5, 0.6) is 11.5 Å². The fourth-order valence-corrected chi connectivity index (χ4v) is 2.23. The molecule has 6 nitrogen and oxygen atoms in total. The first-order valence-electron chi connectivity index (χ1n) is 6.06. The molecule has 0 amide bonds. The molecule has 6 heteroatoms. The van der Waals surface area contributed by atoms with Crippen molar-refractivity contribution in [2.75, 3.05) is 13.7 Å². The molecule has 1 fully saturated rings. The molecule has 2 rings (SSSR count). The normalized spacial score (nSPS) is 31.2. The van der Waals surface area contributed by atoms with E-state index in [4.69, 9.17) is 14.6 Å². The second kappa shape index (κ2) is 5.75. The Kier molecular flexibility index (Phi) is 4.26. The summed E-state index contributed by atoms with van der Waals surface area (Å²) >= 11 is 0. The second-order valence-corrected chi connectivity index (χ2v) is 4.59. The van der Waals surface area contributed by atoms with Crippen LogP contribution in [0, 0.1) is 0 Å². The highest BCUT2D eigenvalue weighted by Crippen LogP contribution is 2.36. The van der Waals surface area contributed by atoms with Crippen molar-refractivity contribution in [3.63, 3.8) is 0 Å². The fraction of sp³-hybridized carbons (Fsp3) is 0.538. The number of phenolic OH excluding ortho intramolecular Hbond substituents is 1. The van der Waals surface area contributed by atoms with E-state index in [2.05, 4.69) is 0 Å². The Labute approximate surface area is 110 Å². The lowest BCUT2D eigenvalue weighted by Crippen LogP contribution is -2.44. The summed E-state index contributed by atoms with van der Waals surface area (Å²) in [5.41, 5.74) is 0.517. The van der Waals surface area contributed by atoms with E-state index in [1.807, 2.05) is 0 Å². The van der Waals surface area contributed by atoms with Gasteiger partial charge in [0.1, 0.15) is 12.2 Å². The molecule has 1 aliphatic heterocycles. The van der Waals surface area contributed by atoms with Crippen LogP contribution in [0.4, 0.5) is 0 Å². The van der Waals surface area contributed by atoms with Gasteiger partial charge in [-0.1, -0.05) is 6.07 Å². The highest BCUT2D eigenvalue weighted by molar-refractivity contribution is 5.42. The molecule has 19 heavy (non-hydrogen) atoms. The average molecular weight is 270 g/mol. The predicted molar refractivity (Wildman–Crippen MR) is 66.0 cm³/mol. The third-order valence-corrected chi connectivity index (χ3v) is 3.28. The van der Waals surface area contributed by atoms with Crippen LogP contribution in [0.25, 0.3) is 0 Å². The average Bonchev–Trinajstić information content (AvgIpc) is 2.41. The Balaban J connectivity index is 2.25. The van der Waals surface area contributed by atoms with Crippen LogP contribution in [-0.4, -0.2) is 52.5 Å². The molecule has 0 aromatic heterocycles. The van der Waals surface area contributed by atoms with E-state index < -0.39 is 24.4 Å². The van der Waals surface area contributed by atoms with E-state index in [9.17, 15) is 15.3 Å². The molecule has 0 spiro atoms. The molecular formula is C13H18O6. The maximum Gasteiger partial charge on any atom is 0.160 e. The van der Waals surface area contributed by atoms with E-state index in [1.165, 1.54) is 13.2 Å². The fourth-order valence-electron chi connectivity index (χ4n) is 2.23. The Bertz CT molecular complexity index is 435. The zero-order valence-electron chi connectivity index (χ0n) is 10.6. The van der Waals surface area contributed by atoms with E-state index in [0.29, 0.717) is 11.3 Å². The molecule has 0 bridgehead atoms. The zero-order valence-corrected chi connectivity index (χ0v) is 10.6. The lowest BCUT2D eigenvalue weighted by Gasteiger charge is -2.36. The molecule has 106 valence electrons. The van der Waals surface area contributed by atoms with Crippen LogP contribution >= 0.6 is 0 Å². The number of rotatable bonds is 3. The van der Waals surface area contributed by atoms with Gasteiger partial charge in [0.15, 0.2) is 11.5 Å². The van der Waals surface area contributed by atoms with Crippen LogP contribution in [0.3, 0.4) is 0 Å². The van der Waals surface area contributed by atoms with Gasteiger partial charge in [-0.25, -0.2) is 0 Å². The molecule has 1 aromatic carbocycles. The lowest BCUT2D eigenvalue weighted by atomic mass is 9.93. The Morgan fingerprint density at radius 1 is 1.37 bits per heavy atom. The van der Waals surface area contributed by atoms with Crippen molar-refractivity contribution in [2.24, 2.45) is 0 Å². The summed E-state index contributed by atoms with van der Waals surface area (Å²) in [7, 11) is 1.44. The zero-order chi connectivity index (χ0) is 14.0. The molecule has 4 N–H and O–H groups in total. The minimum absolute atomic E-state index is 0.0728. The minimum Gasteiger partial charge on any atom is -0.504 e. The number of benzene rings is 1. The van der Waals surface area contributed by atoms with Gasteiger partial charge >= 0.3 is 0 Å². The molecule has 3 unspecified atom stereocenters. The summed E-state index contributed by atoms with van der Waals surface area (Å²) < 4.78 is 10.5. The summed E-state index contributed by atoms with van der Waals surface area (Å²) in [4.78, 5) is 0. The van der Waals surface area contributed by atoms with E-state index in [1.54, 1.807) is 12.1 Å². The molecule has 1 saturated heterocycles. The van der Waals surface area contributed by atoms with Crippen LogP contribution < -0.4 is 4.74 Å². The maximum atomic E-state index is 9.95. The van der Waals surface area contributed by atoms with Crippen molar-refractivity contribution < 1.29 is 29.9 Å². The number of aromatic hydroxyl groups is 1. The summed E-state index contributed by atoms with van der Waals surface area (Å²) in [5.74, 6) is 0.240. The summed E-state index contributed by atoms with van der Waals surface area (Å²) in [5, 5.41) is 38.5. The van der Waals surface area contributed by atoms with Gasteiger partial charge in [-0.15, -0.1) is 0 Å². The topological polar surface area (TPSA) is 99.4 Å². The van der Waals surface area contributed by atoms with Crippen molar-refractivity contribution in [3.8, 4) is 11.5 Å². The van der Waals surface area contributed by atoms with Crippen molar-refractivity contribution >= 4 is 0 Å². The van der Waals surface area contributed by atoms with Crippen LogP contribution in [0.2, 0.25) is 0 Å². The first-order valence-corrected chi connectivity index (χ1v) is 6.06. The molecule has 0 radical (unpaired) electrons. The van der Waals surface area contributed by atoms with Crippen molar-refractivity contribution in [1.29, 1.82) is 0 Å². The molecule has 1 aromatic rings. The Hall–Kier alpha value is -1.34. The maximum absolute atomic E-state index is 9.95. The first kappa shape index (κ1) is 14.1. The number of aliphatic hydroxyl groups excluding tert-OH is 3. The standard InChI is InChI=1S/C13H18O6/c1-18-11-3-2-7(4-9(11)15)13-12(17)10(16)5-8(6-14)19-13/h2-4,8,10,12-17H,5-6H2,1H3/t8?,10?,12?,13-/m1/s1. The number of methoxy groups -OCH3 is 1. The number of hydrogen-bond acceptors (Lipinski definition) is 6. The highest BCUT2D eigenvalue weighted by atomic mass is 16.5. The van der Waals surface area contributed by atoms with Gasteiger partial charge in [-0.3, -0.25) is 0 Å². The van der Waals surface area contributed by atoms with Gasteiger partial charge in [0.25, 0.3) is 0 Å². The largest absolute Gasteiger partial charge is 0.504 e. The van der Waals surface area contributed by atoms with Crippen LogP contribution in [0.15, 0.2) is 18.2 Å². The van der Waals surface area contributed by atoms with E-state index in [-0.39, 0.29) is 18.8 Å². The van der Waals surface area contributed by atoms with Crippen molar-refractivity contribution in [1.82, 2.24) is 0 Å². The number of aliphatic hydroxyl groups is 3. The van der Waals surface area contributed by atoms with Gasteiger partial charge in [-0.05, 0) is 17.7 Å². The quantitative estimate of drug-likeness (QED) is 0.614. The van der Waals surface area contributed by atoms with Gasteiger partial charge in [0, 0.05) is 6.42 Å². The molecular weight excluding hydrogens is 252 g/mol. The third-order valence-electron chi connectivity index (χ3n) is 3.28. The van der Waals surface area contributed by atoms with E-state index >= 15 is 0 Å². The van der Waals surface area contributed by atoms with Crippen LogP contribution in [-0.2, 0) is 4.74 Å². The minimum atomic E-state index is -1.10. The number of ether oxygens (including phenoxy) is 2. The first-order chi connectivity index (χ1) is 9.06. The van der Waals surface area contributed by atoms with Gasteiger partial charge in [-0.2, -0.15) is 0 Å². The summed E-state index contributed by atoms with van der Waals surface area (Å²) in [6.45, 7) is -0.234. The van der Waals surface area contributed by atoms with Crippen molar-refractivity contribution in [3.05, 3.63) is 23.8 Å². The van der Waals surface area contributed by atoms with Gasteiger partial charge in [0.2, 0.25) is 0 Å². The third kappa shape index (κ3) is 2.82. The lowest BCUT2D eigenvalue weighted by molar-refractivity contribution is -0.179. The second-order valence-electron chi connectivity index (χ2n) is 4.59. The van der Waals surface area contributed by atoms with Crippen LogP contribution in [0.1, 0.15) is 18.1 Å². The number of phenols is 1.